The van der Waals surface area contributed by atoms with Gasteiger partial charge in [0, 0.05) is 43.5 Å². The standard InChI is InChI=1S/C23H30N2O2S/c1-3-18-7-9-19(10-8-18)16-25(2)23(26)24-21-6-4-5-20(15-21)17-28-22-11-13-27-14-12-22/h4-10,15,22H,3,11-14,16-17H2,1-2H3,(H,24,26). The number of anilines is 1. The number of ether oxygens (including phenoxy) is 1. The second-order valence-electron chi connectivity index (χ2n) is 7.28. The third kappa shape index (κ3) is 6.28. The molecule has 1 fully saturated rings. The lowest BCUT2D eigenvalue weighted by atomic mass is 10.1. The summed E-state index contributed by atoms with van der Waals surface area (Å²) < 4.78 is 5.43. The average molecular weight is 399 g/mol. The van der Waals surface area contributed by atoms with Crippen LogP contribution < -0.4 is 5.32 Å². The van der Waals surface area contributed by atoms with Crippen LogP contribution in [0.3, 0.4) is 0 Å². The molecule has 2 aromatic rings. The SMILES string of the molecule is CCc1ccc(CN(C)C(=O)Nc2cccc(CSC3CCOCC3)c2)cc1. The number of aryl methyl sites for hydroxylation is 1. The third-order valence-electron chi connectivity index (χ3n) is 5.03. The zero-order valence-corrected chi connectivity index (χ0v) is 17.6. The Kier molecular flexibility index (Phi) is 7.80. The molecule has 150 valence electrons. The van der Waals surface area contributed by atoms with Gasteiger partial charge in [-0.1, -0.05) is 43.3 Å². The van der Waals surface area contributed by atoms with Crippen LogP contribution in [0.4, 0.5) is 10.5 Å². The van der Waals surface area contributed by atoms with Crippen molar-refractivity contribution in [2.75, 3.05) is 25.6 Å². The molecule has 28 heavy (non-hydrogen) atoms. The molecule has 0 unspecified atom stereocenters. The molecule has 0 atom stereocenters. The summed E-state index contributed by atoms with van der Waals surface area (Å²) in [4.78, 5) is 14.3. The molecule has 2 amide bonds. The highest BCUT2D eigenvalue weighted by molar-refractivity contribution is 7.99. The van der Waals surface area contributed by atoms with E-state index in [2.05, 4.69) is 48.6 Å². The van der Waals surface area contributed by atoms with Gasteiger partial charge in [0.2, 0.25) is 0 Å². The lowest BCUT2D eigenvalue weighted by molar-refractivity contribution is 0.1000. The minimum Gasteiger partial charge on any atom is -0.381 e. The predicted octanol–water partition coefficient (Wildman–Crippen LogP) is 5.33. The number of benzene rings is 2. The molecule has 0 aliphatic carbocycles. The number of nitrogens with zero attached hydrogens (tertiary/aromatic N) is 1. The predicted molar refractivity (Wildman–Crippen MR) is 118 cm³/mol. The first-order valence-electron chi connectivity index (χ1n) is 10.0. The van der Waals surface area contributed by atoms with Gasteiger partial charge in [-0.2, -0.15) is 11.8 Å². The second kappa shape index (κ2) is 10.5. The van der Waals surface area contributed by atoms with Crippen LogP contribution in [0.5, 0.6) is 0 Å². The van der Waals surface area contributed by atoms with Crippen molar-refractivity contribution >= 4 is 23.5 Å². The van der Waals surface area contributed by atoms with Gasteiger partial charge in [-0.3, -0.25) is 0 Å². The van der Waals surface area contributed by atoms with E-state index in [1.54, 1.807) is 4.90 Å². The number of thioether (sulfide) groups is 1. The molecule has 5 heteroatoms. The summed E-state index contributed by atoms with van der Waals surface area (Å²) in [5.74, 6) is 0.966. The third-order valence-corrected chi connectivity index (χ3v) is 6.47. The van der Waals surface area contributed by atoms with Crippen LogP contribution in [-0.4, -0.2) is 36.4 Å². The molecule has 0 bridgehead atoms. The first kappa shape index (κ1) is 20.7. The summed E-state index contributed by atoms with van der Waals surface area (Å²) in [5, 5.41) is 3.70. The van der Waals surface area contributed by atoms with Crippen LogP contribution >= 0.6 is 11.8 Å². The van der Waals surface area contributed by atoms with Gasteiger partial charge in [0.1, 0.15) is 0 Å². The van der Waals surface area contributed by atoms with E-state index in [-0.39, 0.29) is 6.03 Å². The lowest BCUT2D eigenvalue weighted by Gasteiger charge is -2.21. The molecule has 1 N–H and O–H groups in total. The highest BCUT2D eigenvalue weighted by Gasteiger charge is 2.14. The smallest absolute Gasteiger partial charge is 0.321 e. The number of hydrogen-bond donors (Lipinski definition) is 1. The largest absolute Gasteiger partial charge is 0.381 e. The number of rotatable bonds is 7. The Labute approximate surface area is 172 Å². The van der Waals surface area contributed by atoms with Gasteiger partial charge in [-0.05, 0) is 48.1 Å². The maximum atomic E-state index is 12.6. The number of carbonyl (C=O) groups is 1. The van der Waals surface area contributed by atoms with Crippen LogP contribution in [0.1, 0.15) is 36.5 Å². The summed E-state index contributed by atoms with van der Waals surface area (Å²) >= 11 is 1.99. The van der Waals surface area contributed by atoms with Gasteiger partial charge >= 0.3 is 6.03 Å². The number of hydrogen-bond acceptors (Lipinski definition) is 3. The van der Waals surface area contributed by atoms with Crippen LogP contribution in [0.2, 0.25) is 0 Å². The Balaban J connectivity index is 1.51. The van der Waals surface area contributed by atoms with E-state index in [0.29, 0.717) is 11.8 Å². The maximum absolute atomic E-state index is 12.6. The minimum absolute atomic E-state index is 0.0891. The highest BCUT2D eigenvalue weighted by Crippen LogP contribution is 2.26. The van der Waals surface area contributed by atoms with Gasteiger partial charge in [-0.25, -0.2) is 4.79 Å². The molecular weight excluding hydrogens is 368 g/mol. The van der Waals surface area contributed by atoms with Crippen molar-refractivity contribution in [3.8, 4) is 0 Å². The lowest BCUT2D eigenvalue weighted by Crippen LogP contribution is -2.30. The molecule has 3 rings (SSSR count). The average Bonchev–Trinajstić information content (AvgIpc) is 2.74. The van der Waals surface area contributed by atoms with Gasteiger partial charge in [0.15, 0.2) is 0 Å². The van der Waals surface area contributed by atoms with Crippen molar-refractivity contribution in [1.29, 1.82) is 0 Å². The summed E-state index contributed by atoms with van der Waals surface area (Å²) in [5.41, 5.74) is 4.54. The molecule has 0 aromatic heterocycles. The highest BCUT2D eigenvalue weighted by atomic mass is 32.2. The van der Waals surface area contributed by atoms with Crippen molar-refractivity contribution < 1.29 is 9.53 Å². The van der Waals surface area contributed by atoms with Crippen molar-refractivity contribution in [2.24, 2.45) is 0 Å². The fourth-order valence-corrected chi connectivity index (χ4v) is 4.37. The molecule has 2 aromatic carbocycles. The summed E-state index contributed by atoms with van der Waals surface area (Å²) in [6, 6.07) is 16.5. The fourth-order valence-electron chi connectivity index (χ4n) is 3.24. The number of urea groups is 1. The molecule has 0 spiro atoms. The van der Waals surface area contributed by atoms with Crippen LogP contribution in [0.15, 0.2) is 48.5 Å². The van der Waals surface area contributed by atoms with Crippen LogP contribution in [0.25, 0.3) is 0 Å². The zero-order valence-electron chi connectivity index (χ0n) is 16.8. The van der Waals surface area contributed by atoms with Crippen molar-refractivity contribution in [3.63, 3.8) is 0 Å². The molecule has 4 nitrogen and oxygen atoms in total. The number of amides is 2. The van der Waals surface area contributed by atoms with E-state index in [1.165, 1.54) is 11.1 Å². The van der Waals surface area contributed by atoms with Crippen molar-refractivity contribution in [1.82, 2.24) is 4.90 Å². The fraction of sp³-hybridized carbons (Fsp3) is 0.435. The van der Waals surface area contributed by atoms with E-state index in [4.69, 9.17) is 4.74 Å². The van der Waals surface area contributed by atoms with Crippen LogP contribution in [0, 0.1) is 0 Å². The second-order valence-corrected chi connectivity index (χ2v) is 8.57. The maximum Gasteiger partial charge on any atom is 0.321 e. The van der Waals surface area contributed by atoms with E-state index in [1.807, 2.05) is 30.9 Å². The first-order chi connectivity index (χ1) is 13.6. The zero-order chi connectivity index (χ0) is 19.8. The topological polar surface area (TPSA) is 41.6 Å². The van der Waals surface area contributed by atoms with Gasteiger partial charge < -0.3 is 15.0 Å². The van der Waals surface area contributed by atoms with Gasteiger partial charge in [0.05, 0.1) is 0 Å². The quantitative estimate of drug-likeness (QED) is 0.686. The summed E-state index contributed by atoms with van der Waals surface area (Å²) in [7, 11) is 1.83. The van der Waals surface area contributed by atoms with Crippen molar-refractivity contribution in [3.05, 3.63) is 65.2 Å². The van der Waals surface area contributed by atoms with E-state index in [9.17, 15) is 4.79 Å². The molecular formula is C23H30N2O2S. The Bertz CT molecular complexity index is 757. The number of nitrogens with one attached hydrogen (secondary N) is 1. The summed E-state index contributed by atoms with van der Waals surface area (Å²) in [6.45, 7) is 4.49. The number of carbonyl (C=O) groups excluding carboxylic acids is 1. The first-order valence-corrected chi connectivity index (χ1v) is 11.1. The molecule has 0 saturated carbocycles. The van der Waals surface area contributed by atoms with Gasteiger partial charge in [0.25, 0.3) is 0 Å². The van der Waals surface area contributed by atoms with Crippen molar-refractivity contribution in [2.45, 2.75) is 43.7 Å². The Morgan fingerprint density at radius 3 is 2.54 bits per heavy atom. The Morgan fingerprint density at radius 1 is 1.11 bits per heavy atom. The van der Waals surface area contributed by atoms with Crippen LogP contribution in [-0.2, 0) is 23.5 Å². The molecule has 0 radical (unpaired) electrons. The monoisotopic (exact) mass is 398 g/mol. The molecule has 1 aliphatic rings. The molecule has 1 heterocycles. The Morgan fingerprint density at radius 2 is 1.82 bits per heavy atom. The van der Waals surface area contributed by atoms with Gasteiger partial charge in [-0.15, -0.1) is 0 Å². The normalized spacial score (nSPS) is 14.6. The van der Waals surface area contributed by atoms with E-state index < -0.39 is 0 Å². The van der Waals surface area contributed by atoms with E-state index in [0.717, 1.165) is 49.5 Å². The molecule has 1 aliphatic heterocycles. The summed E-state index contributed by atoms with van der Waals surface area (Å²) in [6.07, 6.45) is 3.29. The molecule has 1 saturated heterocycles. The minimum atomic E-state index is -0.0891. The van der Waals surface area contributed by atoms with E-state index >= 15 is 0 Å². The Hall–Kier alpha value is -1.98.